The number of hydrogen-bond donors (Lipinski definition) is 1. The first-order valence-corrected chi connectivity index (χ1v) is 8.43. The molecule has 0 saturated carbocycles. The van der Waals surface area contributed by atoms with Gasteiger partial charge in [0.15, 0.2) is 0 Å². The Morgan fingerprint density at radius 3 is 3.10 bits per heavy atom. The number of ether oxygens (including phenoxy) is 1. The normalized spacial score (nSPS) is 36.5. The molecule has 3 unspecified atom stereocenters. The van der Waals surface area contributed by atoms with Crippen molar-refractivity contribution in [2.45, 2.75) is 49.8 Å². The van der Waals surface area contributed by atoms with E-state index >= 15 is 0 Å². The van der Waals surface area contributed by atoms with Gasteiger partial charge in [-0.2, -0.15) is 0 Å². The molecule has 3 aliphatic rings. The molecule has 3 aliphatic heterocycles. The highest BCUT2D eigenvalue weighted by molar-refractivity contribution is 9.10. The molecule has 1 aromatic rings. The number of halogens is 1. The highest BCUT2D eigenvalue weighted by Crippen LogP contribution is 2.46. The number of rotatable bonds is 0. The third kappa shape index (κ3) is 2.09. The molecule has 3 atom stereocenters. The second-order valence-corrected chi connectivity index (χ2v) is 7.48. The number of piperidine rings is 1. The zero-order valence-corrected chi connectivity index (χ0v) is 13.2. The molecular weight excluding hydrogens is 316 g/mol. The second-order valence-electron chi connectivity index (χ2n) is 6.56. The number of nitrogens with two attached hydrogens (primary N) is 1. The first-order chi connectivity index (χ1) is 9.65. The monoisotopic (exact) mass is 336 g/mol. The van der Waals surface area contributed by atoms with Crippen LogP contribution in [0, 0.1) is 0 Å². The molecule has 2 N–H and O–H groups in total. The molecule has 2 saturated heterocycles. The largest absolute Gasteiger partial charge is 0.487 e. The summed E-state index contributed by atoms with van der Waals surface area (Å²) in [5, 5.41) is 0. The Morgan fingerprint density at radius 2 is 2.20 bits per heavy atom. The van der Waals surface area contributed by atoms with Crippen LogP contribution in [0.25, 0.3) is 0 Å². The van der Waals surface area contributed by atoms with Crippen molar-refractivity contribution < 1.29 is 4.74 Å². The predicted octanol–water partition coefficient (Wildman–Crippen LogP) is 3.23. The van der Waals surface area contributed by atoms with E-state index in [9.17, 15) is 0 Å². The Bertz CT molecular complexity index is 535. The first kappa shape index (κ1) is 13.1. The van der Waals surface area contributed by atoms with Crippen molar-refractivity contribution in [1.82, 2.24) is 4.90 Å². The van der Waals surface area contributed by atoms with Gasteiger partial charge in [0.05, 0.1) is 0 Å². The zero-order chi connectivity index (χ0) is 13.7. The lowest BCUT2D eigenvalue weighted by Crippen LogP contribution is -2.53. The van der Waals surface area contributed by atoms with Gasteiger partial charge in [0.25, 0.3) is 0 Å². The molecule has 108 valence electrons. The van der Waals surface area contributed by atoms with Crippen LogP contribution < -0.4 is 10.5 Å². The zero-order valence-electron chi connectivity index (χ0n) is 11.6. The summed E-state index contributed by atoms with van der Waals surface area (Å²) >= 11 is 3.52. The molecule has 20 heavy (non-hydrogen) atoms. The standard InChI is InChI=1S/C16H21BrN2O/c17-11-3-4-15-13(8-11)14(18)10-16(20-15)5-7-19-6-1-2-12(19)9-16/h3-4,8,12,14H,1-2,5-7,9-10,18H2. The second kappa shape index (κ2) is 4.72. The quantitative estimate of drug-likeness (QED) is 0.790. The molecule has 0 aromatic heterocycles. The van der Waals surface area contributed by atoms with Gasteiger partial charge in [0.1, 0.15) is 11.4 Å². The van der Waals surface area contributed by atoms with E-state index in [1.165, 1.54) is 25.9 Å². The lowest BCUT2D eigenvalue weighted by Gasteiger charge is -2.48. The minimum Gasteiger partial charge on any atom is -0.487 e. The van der Waals surface area contributed by atoms with Crippen molar-refractivity contribution in [3.8, 4) is 5.75 Å². The molecular formula is C16H21BrN2O. The van der Waals surface area contributed by atoms with Gasteiger partial charge in [-0.1, -0.05) is 15.9 Å². The van der Waals surface area contributed by atoms with Crippen LogP contribution >= 0.6 is 15.9 Å². The topological polar surface area (TPSA) is 38.5 Å². The van der Waals surface area contributed by atoms with Crippen LogP contribution in [0.4, 0.5) is 0 Å². The predicted molar refractivity (Wildman–Crippen MR) is 82.9 cm³/mol. The molecule has 1 aromatic carbocycles. The summed E-state index contributed by atoms with van der Waals surface area (Å²) in [5.41, 5.74) is 7.57. The maximum absolute atomic E-state index is 6.47. The molecule has 1 spiro atoms. The van der Waals surface area contributed by atoms with Crippen molar-refractivity contribution >= 4 is 15.9 Å². The van der Waals surface area contributed by atoms with Gasteiger partial charge in [0, 0.05) is 41.5 Å². The van der Waals surface area contributed by atoms with Gasteiger partial charge in [-0.15, -0.1) is 0 Å². The van der Waals surface area contributed by atoms with Crippen LogP contribution in [0.2, 0.25) is 0 Å². The lowest BCUT2D eigenvalue weighted by molar-refractivity contribution is -0.0358. The summed E-state index contributed by atoms with van der Waals surface area (Å²) < 4.78 is 7.55. The Hall–Kier alpha value is -0.580. The van der Waals surface area contributed by atoms with E-state index in [1.54, 1.807) is 0 Å². The van der Waals surface area contributed by atoms with E-state index in [1.807, 2.05) is 0 Å². The highest BCUT2D eigenvalue weighted by Gasteiger charge is 2.46. The van der Waals surface area contributed by atoms with Crippen molar-refractivity contribution in [3.63, 3.8) is 0 Å². The van der Waals surface area contributed by atoms with E-state index in [0.29, 0.717) is 6.04 Å². The van der Waals surface area contributed by atoms with Gasteiger partial charge < -0.3 is 15.4 Å². The molecule has 4 rings (SSSR count). The average Bonchev–Trinajstić information content (AvgIpc) is 2.87. The summed E-state index contributed by atoms with van der Waals surface area (Å²) in [6.07, 6.45) is 5.90. The molecule has 0 aliphatic carbocycles. The summed E-state index contributed by atoms with van der Waals surface area (Å²) in [5.74, 6) is 0.999. The van der Waals surface area contributed by atoms with Crippen molar-refractivity contribution in [1.29, 1.82) is 0 Å². The van der Waals surface area contributed by atoms with E-state index in [-0.39, 0.29) is 11.6 Å². The van der Waals surface area contributed by atoms with E-state index in [0.717, 1.165) is 35.0 Å². The third-order valence-electron chi connectivity index (χ3n) is 5.25. The van der Waals surface area contributed by atoms with Crippen LogP contribution in [0.5, 0.6) is 5.75 Å². The summed E-state index contributed by atoms with van der Waals surface area (Å²) in [7, 11) is 0. The van der Waals surface area contributed by atoms with Crippen molar-refractivity contribution in [3.05, 3.63) is 28.2 Å². The maximum atomic E-state index is 6.47. The van der Waals surface area contributed by atoms with Crippen LogP contribution in [-0.4, -0.2) is 29.6 Å². The molecule has 3 heterocycles. The lowest BCUT2D eigenvalue weighted by atomic mass is 9.78. The Balaban J connectivity index is 1.63. The number of nitrogens with zero attached hydrogens (tertiary/aromatic N) is 1. The fraction of sp³-hybridized carbons (Fsp3) is 0.625. The SMILES string of the molecule is NC1CC2(CCN3CCCC3C2)Oc2ccc(Br)cc21. The Morgan fingerprint density at radius 1 is 1.30 bits per heavy atom. The molecule has 2 fully saturated rings. The number of benzene rings is 1. The first-order valence-electron chi connectivity index (χ1n) is 7.63. The maximum Gasteiger partial charge on any atom is 0.124 e. The average molecular weight is 337 g/mol. The number of hydrogen-bond acceptors (Lipinski definition) is 3. The van der Waals surface area contributed by atoms with Crippen LogP contribution in [0.3, 0.4) is 0 Å². The molecule has 0 radical (unpaired) electrons. The fourth-order valence-electron chi connectivity index (χ4n) is 4.27. The van der Waals surface area contributed by atoms with Gasteiger partial charge in [-0.25, -0.2) is 0 Å². The minimum absolute atomic E-state index is 0.0221. The number of fused-ring (bicyclic) bond motifs is 2. The molecule has 0 amide bonds. The summed E-state index contributed by atoms with van der Waals surface area (Å²) in [4.78, 5) is 2.64. The highest BCUT2D eigenvalue weighted by atomic mass is 79.9. The Kier molecular flexibility index (Phi) is 3.09. The third-order valence-corrected chi connectivity index (χ3v) is 5.74. The molecule has 3 nitrogen and oxygen atoms in total. The van der Waals surface area contributed by atoms with Gasteiger partial charge in [0.2, 0.25) is 0 Å². The van der Waals surface area contributed by atoms with Crippen molar-refractivity contribution in [2.75, 3.05) is 13.1 Å². The van der Waals surface area contributed by atoms with Crippen molar-refractivity contribution in [2.24, 2.45) is 5.73 Å². The van der Waals surface area contributed by atoms with Crippen LogP contribution in [0.1, 0.15) is 43.7 Å². The van der Waals surface area contributed by atoms with Gasteiger partial charge >= 0.3 is 0 Å². The molecule has 0 bridgehead atoms. The van der Waals surface area contributed by atoms with E-state index in [4.69, 9.17) is 10.5 Å². The van der Waals surface area contributed by atoms with Gasteiger partial charge in [-0.05, 0) is 44.0 Å². The van der Waals surface area contributed by atoms with E-state index in [2.05, 4.69) is 39.0 Å². The molecule has 4 heteroatoms. The summed E-state index contributed by atoms with van der Waals surface area (Å²) in [6, 6.07) is 7.05. The van der Waals surface area contributed by atoms with E-state index < -0.39 is 0 Å². The van der Waals surface area contributed by atoms with Crippen LogP contribution in [0.15, 0.2) is 22.7 Å². The minimum atomic E-state index is -0.0221. The van der Waals surface area contributed by atoms with Gasteiger partial charge in [-0.3, -0.25) is 0 Å². The Labute approximate surface area is 128 Å². The fourth-order valence-corrected chi connectivity index (χ4v) is 4.64. The van der Waals surface area contributed by atoms with Crippen LogP contribution in [-0.2, 0) is 0 Å². The smallest absolute Gasteiger partial charge is 0.124 e. The summed E-state index contributed by atoms with van der Waals surface area (Å²) in [6.45, 7) is 2.44.